The lowest BCUT2D eigenvalue weighted by atomic mass is 10.3. The van der Waals surface area contributed by atoms with Crippen molar-refractivity contribution in [1.82, 2.24) is 4.98 Å². The molecule has 0 amide bonds. The van der Waals surface area contributed by atoms with Gasteiger partial charge in [-0.05, 0) is 26.0 Å². The van der Waals surface area contributed by atoms with Crippen molar-refractivity contribution < 1.29 is 14.6 Å². The minimum Gasteiger partial charge on any atom is -0.506 e. The van der Waals surface area contributed by atoms with Crippen LogP contribution in [0, 0.1) is 0 Å². The Morgan fingerprint density at radius 1 is 1.36 bits per heavy atom. The summed E-state index contributed by atoms with van der Waals surface area (Å²) in [4.78, 5) is 4.02. The molecule has 1 heterocycles. The van der Waals surface area contributed by atoms with Crippen molar-refractivity contribution in [2.75, 3.05) is 13.2 Å². The topological polar surface area (TPSA) is 51.6 Å². The third-order valence-electron chi connectivity index (χ3n) is 1.68. The molecular formula is C10H15NO3. The van der Waals surface area contributed by atoms with Gasteiger partial charge in [0.15, 0.2) is 0 Å². The zero-order chi connectivity index (χ0) is 10.4. The fourth-order valence-corrected chi connectivity index (χ4v) is 1.10. The van der Waals surface area contributed by atoms with Gasteiger partial charge in [-0.25, -0.2) is 0 Å². The van der Waals surface area contributed by atoms with E-state index in [0.29, 0.717) is 18.9 Å². The third-order valence-corrected chi connectivity index (χ3v) is 1.68. The Kier molecular flexibility index (Phi) is 4.35. The van der Waals surface area contributed by atoms with Crippen LogP contribution in [-0.4, -0.2) is 23.3 Å². The lowest BCUT2D eigenvalue weighted by Crippen LogP contribution is -2.10. The van der Waals surface area contributed by atoms with E-state index < -0.39 is 6.29 Å². The molecule has 0 fully saturated rings. The number of aromatic hydroxyl groups is 1. The first-order valence-electron chi connectivity index (χ1n) is 4.66. The van der Waals surface area contributed by atoms with E-state index in [1.54, 1.807) is 18.3 Å². The second-order valence-corrected chi connectivity index (χ2v) is 2.65. The molecule has 78 valence electrons. The summed E-state index contributed by atoms with van der Waals surface area (Å²) in [7, 11) is 0. The molecule has 0 saturated heterocycles. The number of aromatic nitrogens is 1. The Hall–Kier alpha value is -1.13. The van der Waals surface area contributed by atoms with Gasteiger partial charge in [0, 0.05) is 19.4 Å². The molecule has 1 aromatic rings. The first kappa shape index (κ1) is 10.9. The normalized spacial score (nSPS) is 10.8. The summed E-state index contributed by atoms with van der Waals surface area (Å²) >= 11 is 0. The van der Waals surface area contributed by atoms with Crippen LogP contribution in [0.25, 0.3) is 0 Å². The van der Waals surface area contributed by atoms with Crippen molar-refractivity contribution in [2.45, 2.75) is 20.1 Å². The highest BCUT2D eigenvalue weighted by atomic mass is 16.7. The summed E-state index contributed by atoms with van der Waals surface area (Å²) in [5.74, 6) is 0.0967. The molecule has 0 saturated carbocycles. The largest absolute Gasteiger partial charge is 0.506 e. The predicted molar refractivity (Wildman–Crippen MR) is 51.9 cm³/mol. The summed E-state index contributed by atoms with van der Waals surface area (Å²) in [5.41, 5.74) is 0.427. The van der Waals surface area contributed by atoms with Crippen molar-refractivity contribution in [3.63, 3.8) is 0 Å². The zero-order valence-corrected chi connectivity index (χ0v) is 8.43. The van der Waals surface area contributed by atoms with Crippen LogP contribution in [0.2, 0.25) is 0 Å². The summed E-state index contributed by atoms with van der Waals surface area (Å²) in [5, 5.41) is 9.51. The third kappa shape index (κ3) is 2.68. The summed E-state index contributed by atoms with van der Waals surface area (Å²) < 4.78 is 10.6. The second kappa shape index (κ2) is 5.57. The van der Waals surface area contributed by atoms with Gasteiger partial charge < -0.3 is 14.6 Å². The standard InChI is InChI=1S/C10H15NO3/c1-3-13-10(14-4-2)9-8(12)6-5-7-11-9/h5-7,10,12H,3-4H2,1-2H3. The molecule has 4 nitrogen and oxygen atoms in total. The van der Waals surface area contributed by atoms with E-state index in [2.05, 4.69) is 4.98 Å². The molecule has 14 heavy (non-hydrogen) atoms. The quantitative estimate of drug-likeness (QED) is 0.732. The van der Waals surface area contributed by atoms with Crippen LogP contribution in [-0.2, 0) is 9.47 Å². The molecular weight excluding hydrogens is 182 g/mol. The van der Waals surface area contributed by atoms with Crippen LogP contribution >= 0.6 is 0 Å². The molecule has 0 atom stereocenters. The van der Waals surface area contributed by atoms with Crippen molar-refractivity contribution in [3.8, 4) is 5.75 Å². The van der Waals surface area contributed by atoms with E-state index in [1.807, 2.05) is 13.8 Å². The molecule has 0 radical (unpaired) electrons. The van der Waals surface area contributed by atoms with Gasteiger partial charge >= 0.3 is 0 Å². The Labute approximate surface area is 83.5 Å². The van der Waals surface area contributed by atoms with Crippen molar-refractivity contribution in [2.24, 2.45) is 0 Å². The van der Waals surface area contributed by atoms with Crippen molar-refractivity contribution >= 4 is 0 Å². The van der Waals surface area contributed by atoms with Crippen LogP contribution in [0.1, 0.15) is 25.8 Å². The van der Waals surface area contributed by atoms with Crippen LogP contribution in [0.3, 0.4) is 0 Å². The first-order chi connectivity index (χ1) is 6.79. The number of hydrogen-bond donors (Lipinski definition) is 1. The van der Waals surface area contributed by atoms with E-state index >= 15 is 0 Å². The van der Waals surface area contributed by atoms with Crippen LogP contribution < -0.4 is 0 Å². The van der Waals surface area contributed by atoms with Crippen molar-refractivity contribution in [3.05, 3.63) is 24.0 Å². The Morgan fingerprint density at radius 2 is 2.00 bits per heavy atom. The highest BCUT2D eigenvalue weighted by Crippen LogP contribution is 2.24. The molecule has 1 rings (SSSR count). The summed E-state index contributed by atoms with van der Waals surface area (Å²) in [6.45, 7) is 4.76. The predicted octanol–water partition coefficient (Wildman–Crippen LogP) is 1.86. The Balaban J connectivity index is 2.81. The van der Waals surface area contributed by atoms with Crippen LogP contribution in [0.5, 0.6) is 5.75 Å². The fourth-order valence-electron chi connectivity index (χ4n) is 1.10. The number of rotatable bonds is 5. The van der Waals surface area contributed by atoms with Gasteiger partial charge in [-0.15, -0.1) is 0 Å². The van der Waals surface area contributed by atoms with Crippen LogP contribution in [0.15, 0.2) is 18.3 Å². The monoisotopic (exact) mass is 197 g/mol. The van der Waals surface area contributed by atoms with E-state index in [9.17, 15) is 5.11 Å². The van der Waals surface area contributed by atoms with Crippen molar-refractivity contribution in [1.29, 1.82) is 0 Å². The second-order valence-electron chi connectivity index (χ2n) is 2.65. The summed E-state index contributed by atoms with van der Waals surface area (Å²) in [6.07, 6.45) is 1.02. The maximum atomic E-state index is 9.51. The smallest absolute Gasteiger partial charge is 0.204 e. The van der Waals surface area contributed by atoms with Gasteiger partial charge in [-0.1, -0.05) is 0 Å². The SMILES string of the molecule is CCOC(OCC)c1ncccc1O. The lowest BCUT2D eigenvalue weighted by Gasteiger charge is -2.16. The molecule has 1 aromatic heterocycles. The molecule has 4 heteroatoms. The van der Waals surface area contributed by atoms with Gasteiger partial charge in [0.2, 0.25) is 6.29 Å². The van der Waals surface area contributed by atoms with Crippen LogP contribution in [0.4, 0.5) is 0 Å². The number of hydrogen-bond acceptors (Lipinski definition) is 4. The maximum absolute atomic E-state index is 9.51. The molecule has 0 aliphatic carbocycles. The molecule has 0 bridgehead atoms. The van der Waals surface area contributed by atoms with E-state index in [-0.39, 0.29) is 5.75 Å². The van der Waals surface area contributed by atoms with E-state index in [0.717, 1.165) is 0 Å². The van der Waals surface area contributed by atoms with Gasteiger partial charge in [0.1, 0.15) is 11.4 Å². The van der Waals surface area contributed by atoms with Gasteiger partial charge in [-0.2, -0.15) is 0 Å². The van der Waals surface area contributed by atoms with E-state index in [4.69, 9.17) is 9.47 Å². The molecule has 0 unspecified atom stereocenters. The molecule has 0 aromatic carbocycles. The zero-order valence-electron chi connectivity index (χ0n) is 8.43. The number of pyridine rings is 1. The van der Waals surface area contributed by atoms with E-state index in [1.165, 1.54) is 0 Å². The fraction of sp³-hybridized carbons (Fsp3) is 0.500. The Morgan fingerprint density at radius 3 is 2.50 bits per heavy atom. The molecule has 0 aliphatic heterocycles. The number of nitrogens with zero attached hydrogens (tertiary/aromatic N) is 1. The van der Waals surface area contributed by atoms with Gasteiger partial charge in [-0.3, -0.25) is 4.98 Å². The molecule has 1 N–H and O–H groups in total. The Bertz CT molecular complexity index is 272. The lowest BCUT2D eigenvalue weighted by molar-refractivity contribution is -0.143. The average Bonchev–Trinajstić information content (AvgIpc) is 2.18. The average molecular weight is 197 g/mol. The maximum Gasteiger partial charge on any atom is 0.204 e. The minimum absolute atomic E-state index is 0.0967. The highest BCUT2D eigenvalue weighted by Gasteiger charge is 2.16. The highest BCUT2D eigenvalue weighted by molar-refractivity contribution is 5.25. The first-order valence-corrected chi connectivity index (χ1v) is 4.66. The summed E-state index contributed by atoms with van der Waals surface area (Å²) in [6, 6.07) is 3.22. The number of ether oxygens (including phenoxy) is 2. The molecule has 0 spiro atoms. The molecule has 0 aliphatic rings. The van der Waals surface area contributed by atoms with Gasteiger partial charge in [0.05, 0.1) is 0 Å². The minimum atomic E-state index is -0.578. The van der Waals surface area contributed by atoms with Gasteiger partial charge in [0.25, 0.3) is 0 Å².